The number of hydrogen-bond acceptors (Lipinski definition) is 2. The van der Waals surface area contributed by atoms with Crippen molar-refractivity contribution in [2.45, 2.75) is 18.3 Å². The van der Waals surface area contributed by atoms with Gasteiger partial charge in [-0.15, -0.1) is 0 Å². The highest BCUT2D eigenvalue weighted by molar-refractivity contribution is 7.92. The van der Waals surface area contributed by atoms with E-state index < -0.39 is 10.0 Å². The van der Waals surface area contributed by atoms with Crippen LogP contribution in [0.25, 0.3) is 12.2 Å². The number of nitrogens with zero attached hydrogens (tertiary/aromatic N) is 1. The normalized spacial score (nSPS) is 19.5. The van der Waals surface area contributed by atoms with Crippen LogP contribution < -0.4 is 0 Å². The average molecular weight is 351 g/mol. The quantitative estimate of drug-likeness (QED) is 0.837. The van der Waals surface area contributed by atoms with Gasteiger partial charge in [0, 0.05) is 23.9 Å². The Morgan fingerprint density at radius 3 is 2.36 bits per heavy atom. The predicted molar refractivity (Wildman–Crippen MR) is 102 cm³/mol. The molecule has 2 aromatic rings. The maximum atomic E-state index is 12.6. The fourth-order valence-electron chi connectivity index (χ4n) is 3.83. The van der Waals surface area contributed by atoms with Gasteiger partial charge in [0.1, 0.15) is 0 Å². The Kier molecular flexibility index (Phi) is 4.10. The monoisotopic (exact) mass is 351 g/mol. The van der Waals surface area contributed by atoms with E-state index in [1.165, 1.54) is 16.5 Å². The second kappa shape index (κ2) is 6.28. The van der Waals surface area contributed by atoms with E-state index in [4.69, 9.17) is 0 Å². The number of benzene rings is 2. The molecule has 2 aliphatic rings. The van der Waals surface area contributed by atoms with E-state index in [9.17, 15) is 8.42 Å². The van der Waals surface area contributed by atoms with Gasteiger partial charge >= 0.3 is 0 Å². The zero-order valence-electron chi connectivity index (χ0n) is 14.0. The lowest BCUT2D eigenvalue weighted by Gasteiger charge is -2.38. The minimum Gasteiger partial charge on any atom is -0.208 e. The maximum Gasteiger partial charge on any atom is 0.236 e. The molecule has 1 aliphatic heterocycles. The van der Waals surface area contributed by atoms with Crippen molar-refractivity contribution in [2.24, 2.45) is 0 Å². The van der Waals surface area contributed by atoms with Crippen molar-refractivity contribution in [1.29, 1.82) is 0 Å². The average Bonchev–Trinajstić information content (AvgIpc) is 3.00. The molecule has 0 saturated carbocycles. The molecule has 4 rings (SSSR count). The van der Waals surface area contributed by atoms with Gasteiger partial charge in [0.05, 0.1) is 0 Å². The van der Waals surface area contributed by atoms with Gasteiger partial charge in [-0.2, -0.15) is 4.31 Å². The summed E-state index contributed by atoms with van der Waals surface area (Å²) in [5.41, 5.74) is 3.51. The first kappa shape index (κ1) is 16.3. The molecular weight excluding hydrogens is 330 g/mol. The van der Waals surface area contributed by atoms with Crippen LogP contribution in [-0.4, -0.2) is 25.8 Å². The maximum absolute atomic E-state index is 12.6. The number of sulfonamides is 1. The number of piperidine rings is 1. The third-order valence-electron chi connectivity index (χ3n) is 5.29. The summed E-state index contributed by atoms with van der Waals surface area (Å²) in [5.74, 6) is 0. The van der Waals surface area contributed by atoms with Crippen LogP contribution in [0, 0.1) is 0 Å². The SMILES string of the molecule is O=S(=O)(/C=C/c1ccccc1)N1CCC2(C=Cc3ccccc32)CC1. The van der Waals surface area contributed by atoms with E-state index in [1.807, 2.05) is 30.3 Å². The Labute approximate surface area is 149 Å². The summed E-state index contributed by atoms with van der Waals surface area (Å²) >= 11 is 0. The van der Waals surface area contributed by atoms with Crippen LogP contribution in [-0.2, 0) is 15.4 Å². The van der Waals surface area contributed by atoms with Gasteiger partial charge in [-0.3, -0.25) is 0 Å². The van der Waals surface area contributed by atoms with Gasteiger partial charge in [-0.25, -0.2) is 8.42 Å². The van der Waals surface area contributed by atoms with Crippen molar-refractivity contribution in [3.05, 3.63) is 82.8 Å². The van der Waals surface area contributed by atoms with Crippen molar-refractivity contribution in [1.82, 2.24) is 4.31 Å². The summed E-state index contributed by atoms with van der Waals surface area (Å²) in [6.07, 6.45) is 7.78. The van der Waals surface area contributed by atoms with Crippen molar-refractivity contribution >= 4 is 22.2 Å². The van der Waals surface area contributed by atoms with Gasteiger partial charge < -0.3 is 0 Å². The van der Waals surface area contributed by atoms with Crippen LogP contribution in [0.5, 0.6) is 0 Å². The van der Waals surface area contributed by atoms with Crippen LogP contribution in [0.15, 0.2) is 66.1 Å². The lowest BCUT2D eigenvalue weighted by molar-refractivity contribution is 0.277. The molecular formula is C21H21NO2S. The second-order valence-electron chi connectivity index (χ2n) is 6.73. The van der Waals surface area contributed by atoms with Gasteiger partial charge in [-0.1, -0.05) is 66.7 Å². The standard InChI is InChI=1S/C21H21NO2S/c23-25(24,17-11-18-6-2-1-3-7-18)22-15-13-21(14-16-22)12-10-19-8-4-5-9-20(19)21/h1-12,17H,13-16H2/b17-11+. The van der Waals surface area contributed by atoms with Crippen molar-refractivity contribution in [3.63, 3.8) is 0 Å². The summed E-state index contributed by atoms with van der Waals surface area (Å²) < 4.78 is 26.9. The molecule has 1 aliphatic carbocycles. The molecule has 1 spiro atoms. The minimum atomic E-state index is -3.38. The molecule has 0 amide bonds. The molecule has 25 heavy (non-hydrogen) atoms. The molecule has 1 fully saturated rings. The minimum absolute atomic E-state index is 0.00571. The first-order valence-corrected chi connectivity index (χ1v) is 10.1. The van der Waals surface area contributed by atoms with Crippen molar-refractivity contribution < 1.29 is 8.42 Å². The van der Waals surface area contributed by atoms with Gasteiger partial charge in [-0.05, 0) is 35.6 Å². The van der Waals surface area contributed by atoms with Crippen LogP contribution in [0.2, 0.25) is 0 Å². The first-order chi connectivity index (χ1) is 12.1. The number of allylic oxidation sites excluding steroid dienone is 1. The largest absolute Gasteiger partial charge is 0.236 e. The van der Waals surface area contributed by atoms with Crippen molar-refractivity contribution in [2.75, 3.05) is 13.1 Å². The second-order valence-corrected chi connectivity index (χ2v) is 8.55. The van der Waals surface area contributed by atoms with Crippen LogP contribution >= 0.6 is 0 Å². The highest BCUT2D eigenvalue weighted by Gasteiger charge is 2.39. The third-order valence-corrected chi connectivity index (χ3v) is 6.85. The lowest BCUT2D eigenvalue weighted by Crippen LogP contribution is -2.43. The van der Waals surface area contributed by atoms with E-state index in [0.29, 0.717) is 13.1 Å². The Morgan fingerprint density at radius 2 is 1.60 bits per heavy atom. The molecule has 0 radical (unpaired) electrons. The lowest BCUT2D eigenvalue weighted by atomic mass is 9.75. The Bertz CT molecular complexity index is 921. The third kappa shape index (κ3) is 3.08. The van der Waals surface area contributed by atoms with E-state index in [2.05, 4.69) is 36.4 Å². The zero-order chi connectivity index (χ0) is 17.3. The van der Waals surface area contributed by atoms with Gasteiger partial charge in [0.15, 0.2) is 0 Å². The summed E-state index contributed by atoms with van der Waals surface area (Å²) in [4.78, 5) is 0. The molecule has 128 valence electrons. The summed E-state index contributed by atoms with van der Waals surface area (Å²) in [5, 5.41) is 1.33. The Morgan fingerprint density at radius 1 is 0.920 bits per heavy atom. The number of hydrogen-bond donors (Lipinski definition) is 0. The molecule has 1 saturated heterocycles. The zero-order valence-corrected chi connectivity index (χ0v) is 14.8. The van der Waals surface area contributed by atoms with Crippen molar-refractivity contribution in [3.8, 4) is 0 Å². The smallest absolute Gasteiger partial charge is 0.208 e. The molecule has 0 N–H and O–H groups in total. The first-order valence-electron chi connectivity index (χ1n) is 8.61. The summed E-state index contributed by atoms with van der Waals surface area (Å²) in [7, 11) is -3.38. The molecule has 3 nitrogen and oxygen atoms in total. The summed E-state index contributed by atoms with van der Waals surface area (Å²) in [6, 6.07) is 18.0. The van der Waals surface area contributed by atoms with E-state index in [1.54, 1.807) is 10.4 Å². The Balaban J connectivity index is 1.49. The van der Waals surface area contributed by atoms with Gasteiger partial charge in [0.2, 0.25) is 10.0 Å². The fourth-order valence-corrected chi connectivity index (χ4v) is 5.02. The summed E-state index contributed by atoms with van der Waals surface area (Å²) in [6.45, 7) is 1.11. The van der Waals surface area contributed by atoms with E-state index >= 15 is 0 Å². The molecule has 1 heterocycles. The molecule has 0 aromatic heterocycles. The van der Waals surface area contributed by atoms with Gasteiger partial charge in [0.25, 0.3) is 0 Å². The molecule has 0 bridgehead atoms. The fraction of sp³-hybridized carbons (Fsp3) is 0.238. The highest BCUT2D eigenvalue weighted by Crippen LogP contribution is 2.44. The number of fused-ring (bicyclic) bond motifs is 2. The Hall–Kier alpha value is -2.17. The molecule has 4 heteroatoms. The molecule has 2 aromatic carbocycles. The predicted octanol–water partition coefficient (Wildman–Crippen LogP) is 4.05. The highest BCUT2D eigenvalue weighted by atomic mass is 32.2. The van der Waals surface area contributed by atoms with Crippen LogP contribution in [0.4, 0.5) is 0 Å². The van der Waals surface area contributed by atoms with Crippen LogP contribution in [0.3, 0.4) is 0 Å². The molecule has 0 unspecified atom stereocenters. The topological polar surface area (TPSA) is 37.4 Å². The molecule has 0 atom stereocenters. The number of rotatable bonds is 3. The van der Waals surface area contributed by atoms with E-state index in [-0.39, 0.29) is 5.41 Å². The van der Waals surface area contributed by atoms with Crippen LogP contribution in [0.1, 0.15) is 29.5 Å². The van der Waals surface area contributed by atoms with E-state index in [0.717, 1.165) is 18.4 Å².